The van der Waals surface area contributed by atoms with E-state index in [-0.39, 0.29) is 17.7 Å². The predicted octanol–water partition coefficient (Wildman–Crippen LogP) is 1.05. The quantitative estimate of drug-likeness (QED) is 0.731. The van der Waals surface area contributed by atoms with Crippen LogP contribution in [0.1, 0.15) is 37.0 Å². The Bertz CT molecular complexity index is 533. The number of aliphatic hydroxyl groups is 1. The number of carbonyl (C=O) groups excluding carboxylic acids is 2. The summed E-state index contributed by atoms with van der Waals surface area (Å²) in [5.41, 5.74) is 0.512. The van der Waals surface area contributed by atoms with E-state index in [0.717, 1.165) is 0 Å². The number of hydrogen-bond donors (Lipinski definition) is 3. The zero-order valence-corrected chi connectivity index (χ0v) is 13.5. The van der Waals surface area contributed by atoms with E-state index in [1.54, 1.807) is 24.3 Å². The van der Waals surface area contributed by atoms with Gasteiger partial charge in [0.2, 0.25) is 5.91 Å². The maximum atomic E-state index is 12.5. The Morgan fingerprint density at radius 3 is 2.57 bits per heavy atom. The molecule has 126 valence electrons. The van der Waals surface area contributed by atoms with Gasteiger partial charge in [-0.15, -0.1) is 0 Å². The van der Waals surface area contributed by atoms with Crippen LogP contribution in [0.25, 0.3) is 0 Å². The van der Waals surface area contributed by atoms with Gasteiger partial charge >= 0.3 is 0 Å². The minimum absolute atomic E-state index is 0.242. The molecule has 2 amide bonds. The molecule has 0 bridgehead atoms. The summed E-state index contributed by atoms with van der Waals surface area (Å²) in [5, 5.41) is 15.2. The van der Waals surface area contributed by atoms with Gasteiger partial charge in [0.25, 0.3) is 5.91 Å². The van der Waals surface area contributed by atoms with Crippen LogP contribution in [0.2, 0.25) is 0 Å². The van der Waals surface area contributed by atoms with E-state index in [0.29, 0.717) is 25.0 Å². The first-order valence-corrected chi connectivity index (χ1v) is 7.93. The zero-order chi connectivity index (χ0) is 16.8. The van der Waals surface area contributed by atoms with Crippen molar-refractivity contribution in [3.05, 3.63) is 35.9 Å². The lowest BCUT2D eigenvalue weighted by Crippen LogP contribution is -2.51. The van der Waals surface area contributed by atoms with Crippen LogP contribution in [-0.2, 0) is 9.53 Å². The largest absolute Gasteiger partial charge is 0.366 e. The number of ether oxygens (including phenoxy) is 1. The molecule has 1 heterocycles. The van der Waals surface area contributed by atoms with Crippen molar-refractivity contribution in [2.75, 3.05) is 6.61 Å². The van der Waals surface area contributed by atoms with Crippen molar-refractivity contribution in [3.8, 4) is 0 Å². The van der Waals surface area contributed by atoms with Crippen LogP contribution in [0.15, 0.2) is 30.3 Å². The number of hydrogen-bond acceptors (Lipinski definition) is 4. The summed E-state index contributed by atoms with van der Waals surface area (Å²) in [7, 11) is 0. The fourth-order valence-corrected chi connectivity index (χ4v) is 2.54. The molecule has 1 saturated heterocycles. The monoisotopic (exact) mass is 320 g/mol. The number of aliphatic hydroxyl groups excluding tert-OH is 1. The van der Waals surface area contributed by atoms with E-state index in [4.69, 9.17) is 4.74 Å². The standard InChI is InChI=1S/C17H24N2O4/c1-11(2)10-14(16(21)18-13-8-9-23-17(13)22)19-15(20)12-6-4-3-5-7-12/h3-7,11,13-14,17,22H,8-10H2,1-2H3,(H,18,21)(H,19,20)/t13-,14?,17?/m0/s1. The molecule has 1 fully saturated rings. The Kier molecular flexibility index (Phi) is 6.12. The van der Waals surface area contributed by atoms with Crippen LogP contribution in [-0.4, -0.2) is 41.9 Å². The van der Waals surface area contributed by atoms with Crippen LogP contribution in [0, 0.1) is 5.92 Å². The maximum Gasteiger partial charge on any atom is 0.251 e. The minimum Gasteiger partial charge on any atom is -0.366 e. The number of amides is 2. The molecule has 0 radical (unpaired) electrons. The Labute approximate surface area is 136 Å². The predicted molar refractivity (Wildman–Crippen MR) is 85.7 cm³/mol. The average molecular weight is 320 g/mol. The van der Waals surface area contributed by atoms with E-state index in [1.807, 2.05) is 19.9 Å². The van der Waals surface area contributed by atoms with E-state index in [1.165, 1.54) is 0 Å². The number of benzene rings is 1. The Morgan fingerprint density at radius 2 is 2.00 bits per heavy atom. The van der Waals surface area contributed by atoms with Crippen LogP contribution < -0.4 is 10.6 Å². The molecule has 23 heavy (non-hydrogen) atoms. The summed E-state index contributed by atoms with van der Waals surface area (Å²) in [6.07, 6.45) is 0.102. The van der Waals surface area contributed by atoms with Gasteiger partial charge in [-0.25, -0.2) is 0 Å². The van der Waals surface area contributed by atoms with E-state index < -0.39 is 18.4 Å². The molecular formula is C17H24N2O4. The first-order chi connectivity index (χ1) is 11.0. The van der Waals surface area contributed by atoms with Gasteiger partial charge in [0, 0.05) is 5.56 Å². The van der Waals surface area contributed by atoms with Crippen molar-refractivity contribution in [2.45, 2.75) is 45.1 Å². The zero-order valence-electron chi connectivity index (χ0n) is 13.5. The number of carbonyl (C=O) groups is 2. The summed E-state index contributed by atoms with van der Waals surface area (Å²) in [5.74, 6) is -0.335. The third-order valence-electron chi connectivity index (χ3n) is 3.75. The van der Waals surface area contributed by atoms with Crippen molar-refractivity contribution in [1.29, 1.82) is 0 Å². The lowest BCUT2D eigenvalue weighted by molar-refractivity contribution is -0.127. The minimum atomic E-state index is -0.983. The molecule has 0 aromatic heterocycles. The first kappa shape index (κ1) is 17.4. The molecule has 1 aromatic rings. The SMILES string of the molecule is CC(C)CC(NC(=O)c1ccccc1)C(=O)N[C@H]1CCOC1O. The third-order valence-corrected chi connectivity index (χ3v) is 3.75. The summed E-state index contributed by atoms with van der Waals surface area (Å²) in [6, 6.07) is 7.72. The summed E-state index contributed by atoms with van der Waals surface area (Å²) < 4.78 is 5.03. The van der Waals surface area contributed by atoms with Gasteiger partial charge in [-0.1, -0.05) is 32.0 Å². The van der Waals surface area contributed by atoms with Crippen molar-refractivity contribution >= 4 is 11.8 Å². The van der Waals surface area contributed by atoms with Gasteiger partial charge < -0.3 is 20.5 Å². The summed E-state index contributed by atoms with van der Waals surface area (Å²) in [4.78, 5) is 24.7. The van der Waals surface area contributed by atoms with Crippen LogP contribution >= 0.6 is 0 Å². The van der Waals surface area contributed by atoms with Gasteiger partial charge in [0.15, 0.2) is 6.29 Å². The first-order valence-electron chi connectivity index (χ1n) is 7.93. The molecule has 3 atom stereocenters. The normalized spacial score (nSPS) is 21.9. The fourth-order valence-electron chi connectivity index (χ4n) is 2.54. The van der Waals surface area contributed by atoms with E-state index in [9.17, 15) is 14.7 Å². The van der Waals surface area contributed by atoms with Gasteiger partial charge in [-0.2, -0.15) is 0 Å². The van der Waals surface area contributed by atoms with Crippen LogP contribution in [0.3, 0.4) is 0 Å². The van der Waals surface area contributed by atoms with E-state index in [2.05, 4.69) is 10.6 Å². The molecule has 2 rings (SSSR count). The molecule has 2 unspecified atom stereocenters. The molecule has 1 aromatic carbocycles. The third kappa shape index (κ3) is 5.04. The topological polar surface area (TPSA) is 87.7 Å². The summed E-state index contributed by atoms with van der Waals surface area (Å²) >= 11 is 0. The van der Waals surface area contributed by atoms with Crippen LogP contribution in [0.5, 0.6) is 0 Å². The molecule has 0 spiro atoms. The van der Waals surface area contributed by atoms with Crippen molar-refractivity contribution in [3.63, 3.8) is 0 Å². The van der Waals surface area contributed by atoms with Gasteiger partial charge in [0.05, 0.1) is 12.6 Å². The highest BCUT2D eigenvalue weighted by molar-refractivity contribution is 5.97. The molecule has 1 aliphatic heterocycles. The molecular weight excluding hydrogens is 296 g/mol. The molecule has 1 aliphatic rings. The second-order valence-corrected chi connectivity index (χ2v) is 6.19. The fraction of sp³-hybridized carbons (Fsp3) is 0.529. The average Bonchev–Trinajstić information content (AvgIpc) is 2.92. The molecule has 6 heteroatoms. The number of nitrogens with one attached hydrogen (secondary N) is 2. The molecule has 0 saturated carbocycles. The molecule has 6 nitrogen and oxygen atoms in total. The maximum absolute atomic E-state index is 12.5. The molecule has 3 N–H and O–H groups in total. The van der Waals surface area contributed by atoms with Gasteiger partial charge in [0.1, 0.15) is 6.04 Å². The Morgan fingerprint density at radius 1 is 1.30 bits per heavy atom. The van der Waals surface area contributed by atoms with Gasteiger partial charge in [-0.05, 0) is 30.9 Å². The Hall–Kier alpha value is -1.92. The highest BCUT2D eigenvalue weighted by Gasteiger charge is 2.31. The Balaban J connectivity index is 2.01. The number of rotatable bonds is 6. The van der Waals surface area contributed by atoms with Crippen molar-refractivity contribution in [1.82, 2.24) is 10.6 Å². The summed E-state index contributed by atoms with van der Waals surface area (Å²) in [6.45, 7) is 4.39. The van der Waals surface area contributed by atoms with Crippen molar-refractivity contribution in [2.24, 2.45) is 5.92 Å². The highest BCUT2D eigenvalue weighted by atomic mass is 16.6. The smallest absolute Gasteiger partial charge is 0.251 e. The lowest BCUT2D eigenvalue weighted by Gasteiger charge is -2.23. The second-order valence-electron chi connectivity index (χ2n) is 6.19. The van der Waals surface area contributed by atoms with Crippen LogP contribution in [0.4, 0.5) is 0 Å². The second kappa shape index (κ2) is 8.08. The highest BCUT2D eigenvalue weighted by Crippen LogP contribution is 2.12. The molecule has 0 aliphatic carbocycles. The van der Waals surface area contributed by atoms with Gasteiger partial charge in [-0.3, -0.25) is 9.59 Å². The van der Waals surface area contributed by atoms with E-state index >= 15 is 0 Å². The lowest BCUT2D eigenvalue weighted by atomic mass is 10.0. The van der Waals surface area contributed by atoms with Crippen molar-refractivity contribution < 1.29 is 19.4 Å².